The van der Waals surface area contributed by atoms with Crippen molar-refractivity contribution in [3.05, 3.63) is 71.2 Å². The quantitative estimate of drug-likeness (QED) is 0.565. The Morgan fingerprint density at radius 3 is 2.77 bits per heavy atom. The number of carbonyl (C=O) groups is 1. The summed E-state index contributed by atoms with van der Waals surface area (Å²) in [4.78, 5) is 24.8. The van der Waals surface area contributed by atoms with Crippen molar-refractivity contribution < 1.29 is 9.18 Å². The van der Waals surface area contributed by atoms with Crippen molar-refractivity contribution in [1.82, 2.24) is 20.3 Å². The maximum Gasteiger partial charge on any atom is 0.263 e. The third-order valence-corrected chi connectivity index (χ3v) is 5.03. The van der Waals surface area contributed by atoms with E-state index >= 15 is 0 Å². The number of rotatable bonds is 4. The number of thiazole rings is 1. The predicted molar refractivity (Wildman–Crippen MR) is 99.5 cm³/mol. The molecule has 0 saturated carbocycles. The normalized spacial score (nSPS) is 12.2. The molecule has 7 heteroatoms. The van der Waals surface area contributed by atoms with Crippen LogP contribution in [0.3, 0.4) is 0 Å². The number of hydrogen-bond acceptors (Lipinski definition) is 4. The number of aromatic amines is 1. The zero-order chi connectivity index (χ0) is 18.1. The van der Waals surface area contributed by atoms with Crippen LogP contribution in [0.5, 0.6) is 0 Å². The fraction of sp³-hybridized carbons (Fsp3) is 0.105. The Bertz CT molecular complexity index is 1050. The van der Waals surface area contributed by atoms with E-state index in [0.717, 1.165) is 22.4 Å². The van der Waals surface area contributed by atoms with E-state index in [1.54, 1.807) is 18.2 Å². The summed E-state index contributed by atoms with van der Waals surface area (Å²) < 4.78 is 13.9. The molecule has 1 unspecified atom stereocenters. The molecule has 4 rings (SSSR count). The van der Waals surface area contributed by atoms with Crippen molar-refractivity contribution in [2.75, 3.05) is 0 Å². The third kappa shape index (κ3) is 3.09. The third-order valence-electron chi connectivity index (χ3n) is 4.00. The second-order valence-electron chi connectivity index (χ2n) is 5.84. The molecule has 1 amide bonds. The first-order valence-electron chi connectivity index (χ1n) is 8.08. The molecule has 0 aliphatic rings. The summed E-state index contributed by atoms with van der Waals surface area (Å²) in [6.07, 6.45) is 1.47. The van der Waals surface area contributed by atoms with Gasteiger partial charge in [0.15, 0.2) is 0 Å². The molecular weight excluding hydrogens is 351 g/mol. The molecule has 2 N–H and O–H groups in total. The fourth-order valence-electron chi connectivity index (χ4n) is 2.65. The van der Waals surface area contributed by atoms with Gasteiger partial charge in [0.1, 0.15) is 21.5 Å². The summed E-state index contributed by atoms with van der Waals surface area (Å²) in [6, 6.07) is 13.8. The summed E-state index contributed by atoms with van der Waals surface area (Å²) in [6.45, 7) is 1.86. The van der Waals surface area contributed by atoms with Crippen LogP contribution in [0, 0.1) is 5.82 Å². The zero-order valence-corrected chi connectivity index (χ0v) is 14.7. The Morgan fingerprint density at radius 2 is 1.96 bits per heavy atom. The molecule has 0 bridgehead atoms. The van der Waals surface area contributed by atoms with Crippen LogP contribution in [0.1, 0.15) is 28.5 Å². The van der Waals surface area contributed by atoms with Gasteiger partial charge in [0, 0.05) is 5.56 Å². The topological polar surface area (TPSA) is 70.7 Å². The van der Waals surface area contributed by atoms with E-state index in [1.165, 1.54) is 12.3 Å². The minimum atomic E-state index is -0.357. The lowest BCUT2D eigenvalue weighted by Crippen LogP contribution is -2.26. The van der Waals surface area contributed by atoms with Gasteiger partial charge in [-0.25, -0.2) is 14.4 Å². The second-order valence-corrected chi connectivity index (χ2v) is 6.87. The molecule has 0 aliphatic carbocycles. The standard InChI is InChI=1S/C19H15FN4OS/c1-11(17-23-14-8-4-5-9-15(14)24-17)22-18(25)16-10-21-19(26-16)12-6-2-3-7-13(12)20/h2-11H,1H3,(H,22,25)(H,23,24). The molecule has 26 heavy (non-hydrogen) atoms. The van der Waals surface area contributed by atoms with Gasteiger partial charge in [0.2, 0.25) is 0 Å². The molecular formula is C19H15FN4OS. The molecule has 0 aliphatic heterocycles. The molecule has 2 aromatic heterocycles. The molecule has 1 atom stereocenters. The van der Waals surface area contributed by atoms with Crippen molar-refractivity contribution >= 4 is 28.3 Å². The number of para-hydroxylation sites is 2. The summed E-state index contributed by atoms with van der Waals surface area (Å²) >= 11 is 1.16. The Morgan fingerprint density at radius 1 is 1.19 bits per heavy atom. The summed E-state index contributed by atoms with van der Waals surface area (Å²) in [7, 11) is 0. The summed E-state index contributed by atoms with van der Waals surface area (Å²) in [5, 5.41) is 3.37. The molecule has 4 aromatic rings. The van der Waals surface area contributed by atoms with Gasteiger partial charge in [-0.2, -0.15) is 0 Å². The number of carbonyl (C=O) groups excluding carboxylic acids is 1. The first-order valence-corrected chi connectivity index (χ1v) is 8.89. The number of amides is 1. The minimum Gasteiger partial charge on any atom is -0.342 e. The molecule has 2 heterocycles. The number of imidazole rings is 1. The first kappa shape index (κ1) is 16.4. The fourth-order valence-corrected chi connectivity index (χ4v) is 3.50. The van der Waals surface area contributed by atoms with Gasteiger partial charge in [-0.3, -0.25) is 4.79 Å². The average molecular weight is 366 g/mol. The average Bonchev–Trinajstić information content (AvgIpc) is 3.29. The van der Waals surface area contributed by atoms with Crippen LogP contribution in [0.25, 0.3) is 21.6 Å². The van der Waals surface area contributed by atoms with Crippen molar-refractivity contribution in [1.29, 1.82) is 0 Å². The number of H-pyrrole nitrogens is 1. The van der Waals surface area contributed by atoms with E-state index in [9.17, 15) is 9.18 Å². The number of nitrogens with zero attached hydrogens (tertiary/aromatic N) is 2. The van der Waals surface area contributed by atoms with Gasteiger partial charge < -0.3 is 10.3 Å². The highest BCUT2D eigenvalue weighted by atomic mass is 32.1. The molecule has 0 radical (unpaired) electrons. The Balaban J connectivity index is 1.52. The maximum atomic E-state index is 13.9. The number of hydrogen-bond donors (Lipinski definition) is 2. The molecule has 130 valence electrons. The second kappa shape index (κ2) is 6.68. The van der Waals surface area contributed by atoms with E-state index in [-0.39, 0.29) is 17.8 Å². The van der Waals surface area contributed by atoms with Crippen LogP contribution in [0.15, 0.2) is 54.7 Å². The van der Waals surface area contributed by atoms with Crippen molar-refractivity contribution in [3.8, 4) is 10.6 Å². The molecule has 2 aromatic carbocycles. The van der Waals surface area contributed by atoms with Gasteiger partial charge >= 0.3 is 0 Å². The first-order chi connectivity index (χ1) is 12.6. The van der Waals surface area contributed by atoms with Gasteiger partial charge in [-0.05, 0) is 31.2 Å². The predicted octanol–water partition coefficient (Wildman–Crippen LogP) is 4.32. The summed E-state index contributed by atoms with van der Waals surface area (Å²) in [5.41, 5.74) is 2.16. The number of aromatic nitrogens is 3. The number of benzene rings is 2. The van der Waals surface area contributed by atoms with E-state index in [4.69, 9.17) is 0 Å². The largest absolute Gasteiger partial charge is 0.342 e. The van der Waals surface area contributed by atoms with E-state index in [0.29, 0.717) is 21.3 Å². The van der Waals surface area contributed by atoms with E-state index in [1.807, 2.05) is 31.2 Å². The number of halogens is 1. The Hall–Kier alpha value is -3.06. The van der Waals surface area contributed by atoms with Gasteiger partial charge in [0.25, 0.3) is 5.91 Å². The molecule has 0 saturated heterocycles. The monoisotopic (exact) mass is 366 g/mol. The molecule has 0 fully saturated rings. The number of fused-ring (bicyclic) bond motifs is 1. The van der Waals surface area contributed by atoms with Gasteiger partial charge in [0.05, 0.1) is 23.3 Å². The summed E-state index contributed by atoms with van der Waals surface area (Å²) in [5.74, 6) is 0.0564. The van der Waals surface area contributed by atoms with Crippen LogP contribution in [0.2, 0.25) is 0 Å². The Kier molecular flexibility index (Phi) is 4.22. The smallest absolute Gasteiger partial charge is 0.263 e. The minimum absolute atomic E-state index is 0.266. The van der Waals surface area contributed by atoms with Crippen molar-refractivity contribution in [3.63, 3.8) is 0 Å². The highest BCUT2D eigenvalue weighted by Crippen LogP contribution is 2.27. The number of nitrogens with one attached hydrogen (secondary N) is 2. The molecule has 5 nitrogen and oxygen atoms in total. The van der Waals surface area contributed by atoms with Crippen LogP contribution in [-0.4, -0.2) is 20.9 Å². The lowest BCUT2D eigenvalue weighted by molar-refractivity contribution is 0.0942. The van der Waals surface area contributed by atoms with E-state index in [2.05, 4.69) is 20.3 Å². The highest BCUT2D eigenvalue weighted by molar-refractivity contribution is 7.16. The Labute approximate surface area is 152 Å². The van der Waals surface area contributed by atoms with E-state index < -0.39 is 0 Å². The van der Waals surface area contributed by atoms with Crippen LogP contribution in [0.4, 0.5) is 4.39 Å². The SMILES string of the molecule is CC(NC(=O)c1cnc(-c2ccccc2F)s1)c1nc2ccccc2[nH]1. The van der Waals surface area contributed by atoms with Gasteiger partial charge in [-0.15, -0.1) is 11.3 Å². The molecule has 0 spiro atoms. The van der Waals surface area contributed by atoms with Crippen molar-refractivity contribution in [2.24, 2.45) is 0 Å². The maximum absolute atomic E-state index is 13.9. The highest BCUT2D eigenvalue weighted by Gasteiger charge is 2.18. The lowest BCUT2D eigenvalue weighted by atomic mass is 10.2. The zero-order valence-electron chi connectivity index (χ0n) is 13.9. The van der Waals surface area contributed by atoms with Crippen LogP contribution in [-0.2, 0) is 0 Å². The van der Waals surface area contributed by atoms with Crippen LogP contribution < -0.4 is 5.32 Å². The van der Waals surface area contributed by atoms with Crippen LogP contribution >= 0.6 is 11.3 Å². The lowest BCUT2D eigenvalue weighted by Gasteiger charge is -2.09. The van der Waals surface area contributed by atoms with Crippen molar-refractivity contribution in [2.45, 2.75) is 13.0 Å². The van der Waals surface area contributed by atoms with Gasteiger partial charge in [-0.1, -0.05) is 24.3 Å².